The van der Waals surface area contributed by atoms with Crippen LogP contribution in [0, 0.1) is 28.6 Å². The summed E-state index contributed by atoms with van der Waals surface area (Å²) >= 11 is 0. The van der Waals surface area contributed by atoms with E-state index in [1.807, 2.05) is 0 Å². The molecular weight excluding hydrogens is 456 g/mol. The van der Waals surface area contributed by atoms with E-state index in [2.05, 4.69) is 0 Å². The molecule has 0 radical (unpaired) electrons. The number of carbonyl (C=O) groups is 3. The van der Waals surface area contributed by atoms with E-state index in [0.717, 1.165) is 38.5 Å². The van der Waals surface area contributed by atoms with Crippen LogP contribution in [0.15, 0.2) is 0 Å². The average molecular weight is 487 g/mol. The minimum absolute atomic E-state index is 0.0155. The molecule has 9 rings (SSSR count). The number of cyclic esters (lactones) is 3. The van der Waals surface area contributed by atoms with Crippen molar-refractivity contribution in [1.29, 1.82) is 0 Å². The maximum Gasteiger partial charge on any atom is 0.315 e. The Morgan fingerprint density at radius 3 is 2.57 bits per heavy atom. The van der Waals surface area contributed by atoms with Crippen LogP contribution in [-0.2, 0) is 42.8 Å². The van der Waals surface area contributed by atoms with Crippen LogP contribution in [0.4, 0.5) is 0 Å². The molecule has 9 saturated heterocycles. The van der Waals surface area contributed by atoms with Gasteiger partial charge in [0.2, 0.25) is 0 Å². The number of hydrogen-bond donors (Lipinski definition) is 0. The summed E-state index contributed by atoms with van der Waals surface area (Å²) in [6.45, 7) is 0.345. The Hall–Kier alpha value is -1.71. The van der Waals surface area contributed by atoms with Crippen molar-refractivity contribution in [3.8, 4) is 0 Å². The Morgan fingerprint density at radius 2 is 1.77 bits per heavy atom. The van der Waals surface area contributed by atoms with Gasteiger partial charge >= 0.3 is 17.9 Å². The maximum atomic E-state index is 13.7. The second kappa shape index (κ2) is 6.22. The van der Waals surface area contributed by atoms with Crippen LogP contribution in [-0.4, -0.2) is 72.8 Å². The Kier molecular flexibility index (Phi) is 3.62. The quantitative estimate of drug-likeness (QED) is 0.423. The summed E-state index contributed by atoms with van der Waals surface area (Å²) in [5.41, 5.74) is -1.82. The molecule has 9 aliphatic heterocycles. The van der Waals surface area contributed by atoms with Crippen LogP contribution in [0.3, 0.4) is 0 Å². The molecular formula is C26H30O9. The standard InChI is InChI=1S/C26H30O9/c27-17-9-24(10-30-17)6-11-3-4-26(24,35-11)16-8-25(23(29)33-16)7-12-5-13(21(25)31-12)20-18-14-1-2-15(32-14)19(18)22(28)34-20/h11-16,18-21H,1-10H2. The highest BCUT2D eigenvalue weighted by atomic mass is 16.6. The number of fused-ring (bicyclic) bond motifs is 11. The van der Waals surface area contributed by atoms with Crippen LogP contribution < -0.4 is 0 Å². The topological polar surface area (TPSA) is 107 Å². The van der Waals surface area contributed by atoms with E-state index < -0.39 is 22.5 Å². The molecule has 9 heterocycles. The number of hydrogen-bond acceptors (Lipinski definition) is 9. The van der Waals surface area contributed by atoms with Gasteiger partial charge in [-0.1, -0.05) is 0 Å². The molecule has 35 heavy (non-hydrogen) atoms. The third kappa shape index (κ3) is 2.23. The number of carbonyl (C=O) groups excluding carboxylic acids is 3. The molecule has 9 aliphatic rings. The first-order chi connectivity index (χ1) is 16.9. The molecule has 0 amide bonds. The van der Waals surface area contributed by atoms with Gasteiger partial charge in [0.05, 0.1) is 48.3 Å². The number of esters is 3. The molecule has 9 fully saturated rings. The molecule has 13 unspecified atom stereocenters. The zero-order valence-electron chi connectivity index (χ0n) is 19.5. The van der Waals surface area contributed by atoms with E-state index in [-0.39, 0.29) is 72.3 Å². The van der Waals surface area contributed by atoms with Crippen LogP contribution >= 0.6 is 0 Å². The minimum Gasteiger partial charge on any atom is -0.465 e. The molecule has 6 bridgehead atoms. The SMILES string of the molecule is O=C1CC2(CO1)CC1CCC2(C2CC3(CC4CC(C5OC(=O)C6C7CCC(O7)C56)C3O4)C(=O)O2)O1. The van der Waals surface area contributed by atoms with Gasteiger partial charge < -0.3 is 28.4 Å². The van der Waals surface area contributed by atoms with Gasteiger partial charge in [-0.05, 0) is 44.9 Å². The summed E-state index contributed by atoms with van der Waals surface area (Å²) in [7, 11) is 0. The molecule has 0 aromatic rings. The Balaban J connectivity index is 1.04. The first-order valence-electron chi connectivity index (χ1n) is 13.5. The van der Waals surface area contributed by atoms with Crippen molar-refractivity contribution in [2.75, 3.05) is 6.61 Å². The van der Waals surface area contributed by atoms with E-state index >= 15 is 0 Å². The van der Waals surface area contributed by atoms with Crippen LogP contribution in [0.5, 0.6) is 0 Å². The highest BCUT2D eigenvalue weighted by molar-refractivity contribution is 5.82. The third-order valence-electron chi connectivity index (χ3n) is 11.5. The number of ether oxygens (including phenoxy) is 6. The van der Waals surface area contributed by atoms with Crippen molar-refractivity contribution < 1.29 is 42.8 Å². The van der Waals surface area contributed by atoms with Gasteiger partial charge in [-0.25, -0.2) is 0 Å². The van der Waals surface area contributed by atoms with Gasteiger partial charge in [-0.3, -0.25) is 14.4 Å². The van der Waals surface area contributed by atoms with Crippen molar-refractivity contribution in [2.45, 2.75) is 106 Å². The van der Waals surface area contributed by atoms with Gasteiger partial charge in [0.15, 0.2) is 0 Å². The monoisotopic (exact) mass is 486 g/mol. The molecule has 2 spiro atoms. The smallest absolute Gasteiger partial charge is 0.315 e. The number of rotatable bonds is 2. The molecule has 188 valence electrons. The average Bonchev–Trinajstić information content (AvgIpc) is 3.66. The first kappa shape index (κ1) is 20.4. The van der Waals surface area contributed by atoms with E-state index in [1.165, 1.54) is 0 Å². The second-order valence-corrected chi connectivity index (χ2v) is 12.8. The van der Waals surface area contributed by atoms with Crippen LogP contribution in [0.1, 0.15) is 57.8 Å². The lowest BCUT2D eigenvalue weighted by atomic mass is 9.59. The fraction of sp³-hybridized carbons (Fsp3) is 0.885. The van der Waals surface area contributed by atoms with Crippen LogP contribution in [0.2, 0.25) is 0 Å². The first-order valence-corrected chi connectivity index (χ1v) is 13.5. The molecule has 0 N–H and O–H groups in total. The predicted octanol–water partition coefficient (Wildman–Crippen LogP) is 1.44. The van der Waals surface area contributed by atoms with Gasteiger partial charge in [-0.2, -0.15) is 0 Å². The summed E-state index contributed by atoms with van der Waals surface area (Å²) in [5.74, 6) is -0.661. The van der Waals surface area contributed by atoms with Crippen molar-refractivity contribution >= 4 is 17.9 Å². The highest BCUT2D eigenvalue weighted by Gasteiger charge is 2.76. The Bertz CT molecular complexity index is 1060. The molecule has 0 aromatic heterocycles. The van der Waals surface area contributed by atoms with E-state index in [9.17, 15) is 14.4 Å². The lowest BCUT2D eigenvalue weighted by Crippen LogP contribution is -2.54. The molecule has 9 nitrogen and oxygen atoms in total. The summed E-state index contributed by atoms with van der Waals surface area (Å²) in [4.78, 5) is 38.6. The molecule has 9 heteroatoms. The minimum atomic E-state index is -0.745. The Labute approximate surface area is 202 Å². The van der Waals surface area contributed by atoms with Gasteiger partial charge in [0.25, 0.3) is 0 Å². The largest absolute Gasteiger partial charge is 0.465 e. The summed E-state index contributed by atoms with van der Waals surface area (Å²) in [6, 6.07) is 0. The van der Waals surface area contributed by atoms with Gasteiger partial charge in [-0.15, -0.1) is 0 Å². The normalized spacial score (nSPS) is 60.9. The van der Waals surface area contributed by atoms with Gasteiger partial charge in [0.1, 0.15) is 29.8 Å². The lowest BCUT2D eigenvalue weighted by molar-refractivity contribution is -0.168. The second-order valence-electron chi connectivity index (χ2n) is 12.8. The van der Waals surface area contributed by atoms with Crippen molar-refractivity contribution in [2.24, 2.45) is 28.6 Å². The summed E-state index contributed by atoms with van der Waals surface area (Å²) in [5, 5.41) is 0. The summed E-state index contributed by atoms with van der Waals surface area (Å²) < 4.78 is 36.8. The van der Waals surface area contributed by atoms with Gasteiger partial charge in [0, 0.05) is 18.3 Å². The predicted molar refractivity (Wildman–Crippen MR) is 113 cm³/mol. The molecule has 0 saturated carbocycles. The molecule has 0 aromatic carbocycles. The van der Waals surface area contributed by atoms with E-state index in [4.69, 9.17) is 28.4 Å². The van der Waals surface area contributed by atoms with Crippen molar-refractivity contribution in [1.82, 2.24) is 0 Å². The Morgan fingerprint density at radius 1 is 0.886 bits per heavy atom. The van der Waals surface area contributed by atoms with Crippen LogP contribution in [0.25, 0.3) is 0 Å². The maximum absolute atomic E-state index is 13.7. The lowest BCUT2D eigenvalue weighted by Gasteiger charge is -2.43. The van der Waals surface area contributed by atoms with E-state index in [1.54, 1.807) is 0 Å². The molecule has 0 aliphatic carbocycles. The van der Waals surface area contributed by atoms with Crippen molar-refractivity contribution in [3.63, 3.8) is 0 Å². The zero-order valence-corrected chi connectivity index (χ0v) is 19.5. The molecule has 13 atom stereocenters. The fourth-order valence-corrected chi connectivity index (χ4v) is 10.3. The fourth-order valence-electron chi connectivity index (χ4n) is 10.3. The third-order valence-corrected chi connectivity index (χ3v) is 11.5. The highest BCUT2D eigenvalue weighted by Crippen LogP contribution is 2.67. The zero-order chi connectivity index (χ0) is 23.3. The van der Waals surface area contributed by atoms with E-state index in [0.29, 0.717) is 25.9 Å². The van der Waals surface area contributed by atoms with Crippen molar-refractivity contribution in [3.05, 3.63) is 0 Å². The summed E-state index contributed by atoms with van der Waals surface area (Å²) in [6.07, 6.45) is 5.82.